The van der Waals surface area contributed by atoms with Crippen molar-refractivity contribution in [2.24, 2.45) is 0 Å². The number of hydrogen-bond acceptors (Lipinski definition) is 4. The molecule has 2 rings (SSSR count). The molecule has 21 heavy (non-hydrogen) atoms. The van der Waals surface area contributed by atoms with Crippen molar-refractivity contribution in [2.45, 2.75) is 11.3 Å². The van der Waals surface area contributed by atoms with Crippen LogP contribution in [-0.4, -0.2) is 27.1 Å². The maximum absolute atomic E-state index is 12.1. The lowest BCUT2D eigenvalue weighted by Gasteiger charge is -2.09. The first kappa shape index (κ1) is 15.8. The summed E-state index contributed by atoms with van der Waals surface area (Å²) >= 11 is 5.64. The SMILES string of the molecule is COc1ccccc1CCNS(=O)(=O)c1ccc(Cl)nc1. The molecule has 0 saturated heterocycles. The minimum absolute atomic E-state index is 0.0897. The summed E-state index contributed by atoms with van der Waals surface area (Å²) in [5, 5.41) is 0.253. The molecular formula is C14H15ClN2O3S. The summed E-state index contributed by atoms with van der Waals surface area (Å²) in [6.07, 6.45) is 1.76. The molecule has 0 amide bonds. The first-order chi connectivity index (χ1) is 10.0. The number of methoxy groups -OCH3 is 1. The number of nitrogens with one attached hydrogen (secondary N) is 1. The maximum Gasteiger partial charge on any atom is 0.242 e. The fourth-order valence-electron chi connectivity index (χ4n) is 1.83. The summed E-state index contributed by atoms with van der Waals surface area (Å²) in [4.78, 5) is 3.86. The van der Waals surface area contributed by atoms with Gasteiger partial charge in [0.1, 0.15) is 15.8 Å². The molecule has 0 aliphatic heterocycles. The van der Waals surface area contributed by atoms with E-state index in [2.05, 4.69) is 9.71 Å². The van der Waals surface area contributed by atoms with Gasteiger partial charge in [0.05, 0.1) is 7.11 Å². The molecule has 0 unspecified atom stereocenters. The third kappa shape index (κ3) is 4.17. The second kappa shape index (κ2) is 6.89. The Morgan fingerprint density at radius 1 is 1.24 bits per heavy atom. The lowest BCUT2D eigenvalue weighted by atomic mass is 10.1. The van der Waals surface area contributed by atoms with Crippen molar-refractivity contribution in [3.63, 3.8) is 0 Å². The number of pyridine rings is 1. The normalized spacial score (nSPS) is 11.3. The van der Waals surface area contributed by atoms with Crippen LogP contribution in [0, 0.1) is 0 Å². The summed E-state index contributed by atoms with van der Waals surface area (Å²) in [6, 6.07) is 10.3. The van der Waals surface area contributed by atoms with E-state index in [1.165, 1.54) is 18.3 Å². The van der Waals surface area contributed by atoms with E-state index in [1.54, 1.807) is 7.11 Å². The van der Waals surface area contributed by atoms with Crippen LogP contribution in [0.2, 0.25) is 5.15 Å². The lowest BCUT2D eigenvalue weighted by Crippen LogP contribution is -2.26. The van der Waals surface area contributed by atoms with Gasteiger partial charge in [0.25, 0.3) is 0 Å². The molecule has 1 aromatic heterocycles. The van der Waals surface area contributed by atoms with Crippen LogP contribution in [0.1, 0.15) is 5.56 Å². The molecule has 0 radical (unpaired) electrons. The number of nitrogens with zero attached hydrogens (tertiary/aromatic N) is 1. The predicted molar refractivity (Wildman–Crippen MR) is 81.1 cm³/mol. The van der Waals surface area contributed by atoms with Crippen molar-refractivity contribution in [3.05, 3.63) is 53.3 Å². The first-order valence-corrected chi connectivity index (χ1v) is 8.12. The standard InChI is InChI=1S/C14H15ClN2O3S/c1-20-13-5-3-2-4-11(13)8-9-17-21(18,19)12-6-7-14(15)16-10-12/h2-7,10,17H,8-9H2,1H3. The van der Waals surface area contributed by atoms with Gasteiger partial charge in [0.15, 0.2) is 0 Å². The van der Waals surface area contributed by atoms with E-state index in [0.29, 0.717) is 6.42 Å². The third-order valence-corrected chi connectivity index (χ3v) is 4.56. The molecule has 0 saturated carbocycles. The molecule has 0 spiro atoms. The topological polar surface area (TPSA) is 68.3 Å². The van der Waals surface area contributed by atoms with Crippen molar-refractivity contribution in [3.8, 4) is 5.75 Å². The van der Waals surface area contributed by atoms with Crippen molar-refractivity contribution >= 4 is 21.6 Å². The Bertz CT molecular complexity index is 702. The van der Waals surface area contributed by atoms with Crippen LogP contribution in [-0.2, 0) is 16.4 Å². The molecule has 1 N–H and O–H groups in total. The molecule has 2 aromatic rings. The predicted octanol–water partition coefficient (Wildman–Crippen LogP) is 2.26. The molecule has 0 aliphatic carbocycles. The summed E-state index contributed by atoms with van der Waals surface area (Å²) in [7, 11) is -1.99. The smallest absolute Gasteiger partial charge is 0.242 e. The highest BCUT2D eigenvalue weighted by Crippen LogP contribution is 2.17. The van der Waals surface area contributed by atoms with Crippen LogP contribution in [0.15, 0.2) is 47.5 Å². The number of rotatable bonds is 6. The fourth-order valence-corrected chi connectivity index (χ4v) is 2.92. The minimum Gasteiger partial charge on any atom is -0.496 e. The average molecular weight is 327 g/mol. The molecule has 0 atom stereocenters. The van der Waals surface area contributed by atoms with Crippen LogP contribution >= 0.6 is 11.6 Å². The second-order valence-corrected chi connectivity index (χ2v) is 6.43. The molecule has 0 fully saturated rings. The van der Waals surface area contributed by atoms with Crippen LogP contribution in [0.4, 0.5) is 0 Å². The number of sulfonamides is 1. The average Bonchev–Trinajstić information content (AvgIpc) is 2.48. The zero-order valence-corrected chi connectivity index (χ0v) is 13.0. The van der Waals surface area contributed by atoms with Gasteiger partial charge < -0.3 is 4.74 Å². The number of halogens is 1. The number of hydrogen-bond donors (Lipinski definition) is 1. The minimum atomic E-state index is -3.58. The van der Waals surface area contributed by atoms with E-state index in [1.807, 2.05) is 24.3 Å². The zero-order valence-electron chi connectivity index (χ0n) is 11.4. The number of para-hydroxylation sites is 1. The van der Waals surface area contributed by atoms with E-state index in [4.69, 9.17) is 16.3 Å². The summed E-state index contributed by atoms with van der Waals surface area (Å²) in [5.74, 6) is 0.741. The Kier molecular flexibility index (Phi) is 5.17. The second-order valence-electron chi connectivity index (χ2n) is 4.28. The molecule has 0 aliphatic rings. The number of ether oxygens (including phenoxy) is 1. The van der Waals surface area contributed by atoms with Gasteiger partial charge in [-0.15, -0.1) is 0 Å². The van der Waals surface area contributed by atoms with E-state index in [0.717, 1.165) is 11.3 Å². The Morgan fingerprint density at radius 3 is 2.67 bits per heavy atom. The Morgan fingerprint density at radius 2 is 2.00 bits per heavy atom. The van der Waals surface area contributed by atoms with E-state index in [9.17, 15) is 8.42 Å². The Balaban J connectivity index is 2.01. The zero-order chi connectivity index (χ0) is 15.3. The Labute approximate surface area is 129 Å². The van der Waals surface area contributed by atoms with Gasteiger partial charge in [-0.3, -0.25) is 0 Å². The van der Waals surface area contributed by atoms with Gasteiger partial charge in [-0.1, -0.05) is 29.8 Å². The van der Waals surface area contributed by atoms with Crippen LogP contribution in [0.25, 0.3) is 0 Å². The molecular weight excluding hydrogens is 312 g/mol. The first-order valence-electron chi connectivity index (χ1n) is 6.26. The van der Waals surface area contributed by atoms with Crippen LogP contribution in [0.3, 0.4) is 0 Å². The molecule has 7 heteroatoms. The van der Waals surface area contributed by atoms with Crippen LogP contribution < -0.4 is 9.46 Å². The molecule has 5 nitrogen and oxygen atoms in total. The number of benzene rings is 1. The quantitative estimate of drug-likeness (QED) is 0.827. The fraction of sp³-hybridized carbons (Fsp3) is 0.214. The Hall–Kier alpha value is -1.63. The van der Waals surface area contributed by atoms with E-state index < -0.39 is 10.0 Å². The van der Waals surface area contributed by atoms with Gasteiger partial charge in [-0.25, -0.2) is 18.1 Å². The molecule has 112 valence electrons. The summed E-state index contributed by atoms with van der Waals surface area (Å²) < 4.78 is 31.9. The van der Waals surface area contributed by atoms with Gasteiger partial charge in [0, 0.05) is 12.7 Å². The van der Waals surface area contributed by atoms with Crippen molar-refractivity contribution in [1.29, 1.82) is 0 Å². The van der Waals surface area contributed by atoms with Gasteiger partial charge in [-0.2, -0.15) is 0 Å². The maximum atomic E-state index is 12.1. The van der Waals surface area contributed by atoms with Crippen molar-refractivity contribution in [1.82, 2.24) is 9.71 Å². The van der Waals surface area contributed by atoms with E-state index >= 15 is 0 Å². The highest BCUT2D eigenvalue weighted by molar-refractivity contribution is 7.89. The summed E-state index contributed by atoms with van der Waals surface area (Å²) in [6.45, 7) is 0.269. The van der Waals surface area contributed by atoms with Gasteiger partial charge in [-0.05, 0) is 30.2 Å². The third-order valence-electron chi connectivity index (χ3n) is 2.89. The van der Waals surface area contributed by atoms with Crippen molar-refractivity contribution < 1.29 is 13.2 Å². The van der Waals surface area contributed by atoms with Gasteiger partial charge >= 0.3 is 0 Å². The molecule has 1 heterocycles. The highest BCUT2D eigenvalue weighted by Gasteiger charge is 2.14. The van der Waals surface area contributed by atoms with Crippen molar-refractivity contribution in [2.75, 3.05) is 13.7 Å². The molecule has 1 aromatic carbocycles. The van der Waals surface area contributed by atoms with Gasteiger partial charge in [0.2, 0.25) is 10.0 Å². The largest absolute Gasteiger partial charge is 0.496 e. The monoisotopic (exact) mass is 326 g/mol. The number of aromatic nitrogens is 1. The highest BCUT2D eigenvalue weighted by atomic mass is 35.5. The van der Waals surface area contributed by atoms with E-state index in [-0.39, 0.29) is 16.6 Å². The molecule has 0 bridgehead atoms. The summed E-state index contributed by atoms with van der Waals surface area (Å²) in [5.41, 5.74) is 0.942. The lowest BCUT2D eigenvalue weighted by molar-refractivity contribution is 0.409. The van der Waals surface area contributed by atoms with Crippen LogP contribution in [0.5, 0.6) is 5.75 Å².